The zero-order chi connectivity index (χ0) is 13.0. The van der Waals surface area contributed by atoms with Gasteiger partial charge in [0.05, 0.1) is 5.02 Å². The molecule has 0 aromatic heterocycles. The predicted molar refractivity (Wildman–Crippen MR) is 74.5 cm³/mol. The van der Waals surface area contributed by atoms with Crippen LogP contribution in [0.4, 0.5) is 4.39 Å². The van der Waals surface area contributed by atoms with E-state index in [2.05, 4.69) is 12.2 Å². The first-order valence-electron chi connectivity index (χ1n) is 6.87. The predicted octanol–water partition coefficient (Wildman–Crippen LogP) is 4.19. The van der Waals surface area contributed by atoms with Gasteiger partial charge in [0.2, 0.25) is 0 Å². The van der Waals surface area contributed by atoms with Crippen LogP contribution in [0.5, 0.6) is 0 Å². The van der Waals surface area contributed by atoms with E-state index in [4.69, 9.17) is 11.6 Å². The van der Waals surface area contributed by atoms with Gasteiger partial charge in [0.1, 0.15) is 5.82 Å². The highest BCUT2D eigenvalue weighted by Gasteiger charge is 2.22. The molecule has 0 spiro atoms. The van der Waals surface area contributed by atoms with Crippen LogP contribution in [0, 0.1) is 11.7 Å². The minimum absolute atomic E-state index is 0.232. The van der Waals surface area contributed by atoms with Gasteiger partial charge in [-0.15, -0.1) is 0 Å². The van der Waals surface area contributed by atoms with E-state index in [0.29, 0.717) is 12.0 Å². The summed E-state index contributed by atoms with van der Waals surface area (Å²) < 4.78 is 13.9. The molecule has 0 amide bonds. The van der Waals surface area contributed by atoms with Gasteiger partial charge in [-0.05, 0) is 43.4 Å². The topological polar surface area (TPSA) is 12.0 Å². The van der Waals surface area contributed by atoms with Crippen LogP contribution in [0.3, 0.4) is 0 Å². The largest absolute Gasteiger partial charge is 0.314 e. The molecule has 2 rings (SSSR count). The highest BCUT2D eigenvalue weighted by atomic mass is 35.5. The lowest BCUT2D eigenvalue weighted by molar-refractivity contribution is 0.285. The van der Waals surface area contributed by atoms with Crippen LogP contribution in [-0.4, -0.2) is 12.6 Å². The van der Waals surface area contributed by atoms with Crippen molar-refractivity contribution in [3.63, 3.8) is 0 Å². The summed E-state index contributed by atoms with van der Waals surface area (Å²) in [4.78, 5) is 0. The zero-order valence-electron chi connectivity index (χ0n) is 10.9. The smallest absolute Gasteiger partial charge is 0.144 e. The van der Waals surface area contributed by atoms with E-state index in [1.807, 2.05) is 12.1 Å². The van der Waals surface area contributed by atoms with Crippen molar-refractivity contribution >= 4 is 11.6 Å². The molecule has 1 nitrogen and oxygen atoms in total. The molecule has 18 heavy (non-hydrogen) atoms. The van der Waals surface area contributed by atoms with E-state index in [1.54, 1.807) is 6.07 Å². The third-order valence-electron chi connectivity index (χ3n) is 3.82. The molecular formula is C15H21ClFN. The molecule has 1 aliphatic carbocycles. The van der Waals surface area contributed by atoms with Crippen LogP contribution >= 0.6 is 11.6 Å². The van der Waals surface area contributed by atoms with Crippen LogP contribution in [0.25, 0.3) is 0 Å². The molecule has 2 atom stereocenters. The minimum Gasteiger partial charge on any atom is -0.314 e. The molecule has 100 valence electrons. The van der Waals surface area contributed by atoms with Crippen LogP contribution in [0.1, 0.15) is 38.2 Å². The Kier molecular flexibility index (Phi) is 5.02. The first-order chi connectivity index (χ1) is 8.70. The fourth-order valence-electron chi connectivity index (χ4n) is 2.97. The lowest BCUT2D eigenvalue weighted by atomic mass is 9.82. The number of nitrogens with one attached hydrogen (secondary N) is 1. The van der Waals surface area contributed by atoms with Crippen LogP contribution in [0.2, 0.25) is 5.02 Å². The fourth-order valence-corrected chi connectivity index (χ4v) is 3.16. The first-order valence-corrected chi connectivity index (χ1v) is 7.24. The van der Waals surface area contributed by atoms with Gasteiger partial charge in [-0.3, -0.25) is 0 Å². The molecule has 1 saturated carbocycles. The average Bonchev–Trinajstić information content (AvgIpc) is 2.36. The van der Waals surface area contributed by atoms with Crippen molar-refractivity contribution in [1.29, 1.82) is 0 Å². The van der Waals surface area contributed by atoms with Crippen molar-refractivity contribution in [3.8, 4) is 0 Å². The maximum Gasteiger partial charge on any atom is 0.144 e. The van der Waals surface area contributed by atoms with Gasteiger partial charge in [0, 0.05) is 6.04 Å². The Bertz CT molecular complexity index is 392. The summed E-state index contributed by atoms with van der Waals surface area (Å²) in [5, 5.41) is 3.75. The standard InChI is InChI=1S/C15H21ClFN/c1-2-18-13-7-3-5-11(10-13)9-12-6-4-8-14(16)15(12)17/h4,6,8,11,13,18H,2-3,5,7,9-10H2,1H3. The maximum atomic E-state index is 13.9. The molecule has 0 radical (unpaired) electrons. The molecule has 0 saturated heterocycles. The lowest BCUT2D eigenvalue weighted by Crippen LogP contribution is -2.34. The summed E-state index contributed by atoms with van der Waals surface area (Å²) in [6.45, 7) is 3.16. The van der Waals surface area contributed by atoms with E-state index in [0.717, 1.165) is 24.9 Å². The molecule has 0 heterocycles. The molecule has 1 aliphatic rings. The second-order valence-electron chi connectivity index (χ2n) is 5.20. The Morgan fingerprint density at radius 3 is 3.00 bits per heavy atom. The Morgan fingerprint density at radius 1 is 1.39 bits per heavy atom. The van der Waals surface area contributed by atoms with Crippen LogP contribution < -0.4 is 5.32 Å². The highest BCUT2D eigenvalue weighted by Crippen LogP contribution is 2.29. The summed E-state index contributed by atoms with van der Waals surface area (Å²) in [7, 11) is 0. The van der Waals surface area contributed by atoms with E-state index in [1.165, 1.54) is 19.3 Å². The molecular weight excluding hydrogens is 249 g/mol. The van der Waals surface area contributed by atoms with Crippen molar-refractivity contribution in [2.45, 2.75) is 45.1 Å². The third kappa shape index (κ3) is 3.46. The molecule has 1 N–H and O–H groups in total. The Morgan fingerprint density at radius 2 is 2.22 bits per heavy atom. The Hall–Kier alpha value is -0.600. The van der Waals surface area contributed by atoms with E-state index in [9.17, 15) is 4.39 Å². The lowest BCUT2D eigenvalue weighted by Gasteiger charge is -2.29. The zero-order valence-corrected chi connectivity index (χ0v) is 11.6. The summed E-state index contributed by atoms with van der Waals surface area (Å²) in [5.41, 5.74) is 0.768. The summed E-state index contributed by atoms with van der Waals surface area (Å²) in [5.74, 6) is 0.348. The summed E-state index contributed by atoms with van der Waals surface area (Å²) in [6.07, 6.45) is 5.66. The third-order valence-corrected chi connectivity index (χ3v) is 4.11. The Balaban J connectivity index is 1.98. The molecule has 0 bridgehead atoms. The van der Waals surface area contributed by atoms with Gasteiger partial charge in [0.25, 0.3) is 0 Å². The van der Waals surface area contributed by atoms with E-state index < -0.39 is 0 Å². The van der Waals surface area contributed by atoms with Gasteiger partial charge < -0.3 is 5.32 Å². The quantitative estimate of drug-likeness (QED) is 0.864. The van der Waals surface area contributed by atoms with Gasteiger partial charge in [-0.1, -0.05) is 43.5 Å². The van der Waals surface area contributed by atoms with Crippen molar-refractivity contribution in [1.82, 2.24) is 5.32 Å². The van der Waals surface area contributed by atoms with Crippen molar-refractivity contribution in [2.24, 2.45) is 5.92 Å². The van der Waals surface area contributed by atoms with Gasteiger partial charge in [-0.25, -0.2) is 4.39 Å². The van der Waals surface area contributed by atoms with Gasteiger partial charge >= 0.3 is 0 Å². The fraction of sp³-hybridized carbons (Fsp3) is 0.600. The second-order valence-corrected chi connectivity index (χ2v) is 5.61. The number of halogens is 2. The second kappa shape index (κ2) is 6.53. The molecule has 1 aromatic carbocycles. The van der Waals surface area contributed by atoms with Crippen molar-refractivity contribution in [2.75, 3.05) is 6.54 Å². The molecule has 1 aromatic rings. The molecule has 1 fully saturated rings. The monoisotopic (exact) mass is 269 g/mol. The van der Waals surface area contributed by atoms with Gasteiger partial charge in [0.15, 0.2) is 0 Å². The SMILES string of the molecule is CCNC1CCCC(Cc2cccc(Cl)c2F)C1. The summed E-state index contributed by atoms with van der Waals surface area (Å²) >= 11 is 5.82. The molecule has 3 heteroatoms. The molecule has 0 aliphatic heterocycles. The number of hydrogen-bond donors (Lipinski definition) is 1. The van der Waals surface area contributed by atoms with Crippen molar-refractivity contribution < 1.29 is 4.39 Å². The normalized spacial score (nSPS) is 24.2. The maximum absolute atomic E-state index is 13.9. The summed E-state index contributed by atoms with van der Waals surface area (Å²) in [6, 6.07) is 5.92. The van der Waals surface area contributed by atoms with Crippen LogP contribution in [-0.2, 0) is 6.42 Å². The average molecular weight is 270 g/mol. The van der Waals surface area contributed by atoms with Gasteiger partial charge in [-0.2, -0.15) is 0 Å². The number of hydrogen-bond acceptors (Lipinski definition) is 1. The number of benzene rings is 1. The Labute approximate surface area is 114 Å². The molecule has 2 unspecified atom stereocenters. The van der Waals surface area contributed by atoms with E-state index in [-0.39, 0.29) is 10.8 Å². The van der Waals surface area contributed by atoms with Crippen molar-refractivity contribution in [3.05, 3.63) is 34.6 Å². The highest BCUT2D eigenvalue weighted by molar-refractivity contribution is 6.30. The number of rotatable bonds is 4. The van der Waals surface area contributed by atoms with Crippen LogP contribution in [0.15, 0.2) is 18.2 Å². The minimum atomic E-state index is -0.232. The first kappa shape index (κ1) is 13.8. The van der Waals surface area contributed by atoms with E-state index >= 15 is 0 Å².